The summed E-state index contributed by atoms with van der Waals surface area (Å²) in [5.74, 6) is 0. The van der Waals surface area contributed by atoms with Gasteiger partial charge in [0.05, 0.1) is 17.2 Å². The third-order valence-electron chi connectivity index (χ3n) is 2.59. The molecule has 0 radical (unpaired) electrons. The second-order valence-electron chi connectivity index (χ2n) is 4.01. The third-order valence-corrected chi connectivity index (χ3v) is 3.71. The van der Waals surface area contributed by atoms with Crippen LogP contribution >= 0.6 is 0 Å². The Morgan fingerprint density at radius 3 is 2.22 bits per heavy atom. The van der Waals surface area contributed by atoms with E-state index >= 15 is 0 Å². The van der Waals surface area contributed by atoms with Crippen molar-refractivity contribution in [2.24, 2.45) is 0 Å². The first-order chi connectivity index (χ1) is 8.50. The number of pyridine rings is 1. The normalized spacial score (nSPS) is 11.4. The van der Waals surface area contributed by atoms with Crippen LogP contribution in [-0.4, -0.2) is 24.8 Å². The summed E-state index contributed by atoms with van der Waals surface area (Å²) in [5, 5.41) is 8.92. The fraction of sp³-hybridized carbons (Fsp3) is 0.154. The lowest BCUT2D eigenvalue weighted by Gasteiger charge is -2.03. The van der Waals surface area contributed by atoms with Gasteiger partial charge in [0, 0.05) is 18.0 Å². The molecule has 0 atom stereocenters. The van der Waals surface area contributed by atoms with Gasteiger partial charge in [-0.05, 0) is 23.8 Å². The lowest BCUT2D eigenvalue weighted by Crippen LogP contribution is -1.96. The highest BCUT2D eigenvalue weighted by Gasteiger charge is 2.07. The number of aliphatic hydroxyl groups is 1. The average Bonchev–Trinajstić information content (AvgIpc) is 2.38. The van der Waals surface area contributed by atoms with E-state index < -0.39 is 9.84 Å². The molecule has 0 aliphatic rings. The summed E-state index contributed by atoms with van der Waals surface area (Å²) < 4.78 is 22.6. The number of hydrogen-bond acceptors (Lipinski definition) is 4. The first-order valence-electron chi connectivity index (χ1n) is 5.37. The van der Waals surface area contributed by atoms with Gasteiger partial charge in [-0.1, -0.05) is 18.2 Å². The van der Waals surface area contributed by atoms with Gasteiger partial charge in [0.1, 0.15) is 0 Å². The molecule has 0 saturated carbocycles. The average molecular weight is 263 g/mol. The minimum absolute atomic E-state index is 0.0414. The number of benzene rings is 1. The fourth-order valence-corrected chi connectivity index (χ4v) is 2.19. The first kappa shape index (κ1) is 12.7. The maximum atomic E-state index is 11.3. The largest absolute Gasteiger partial charge is 0.392 e. The third kappa shape index (κ3) is 2.75. The van der Waals surface area contributed by atoms with Crippen LogP contribution in [0.1, 0.15) is 5.56 Å². The first-order valence-corrected chi connectivity index (χ1v) is 7.26. The lowest BCUT2D eigenvalue weighted by atomic mass is 10.1. The van der Waals surface area contributed by atoms with Crippen LogP contribution in [0.2, 0.25) is 0 Å². The molecule has 1 aromatic carbocycles. The monoisotopic (exact) mass is 263 g/mol. The summed E-state index contributed by atoms with van der Waals surface area (Å²) in [6, 6.07) is 10.1. The van der Waals surface area contributed by atoms with E-state index in [0.717, 1.165) is 16.8 Å². The molecular formula is C13H13NO3S. The van der Waals surface area contributed by atoms with Crippen molar-refractivity contribution in [1.82, 2.24) is 4.98 Å². The van der Waals surface area contributed by atoms with Crippen LogP contribution in [0.15, 0.2) is 47.5 Å². The second-order valence-corrected chi connectivity index (χ2v) is 6.02. The minimum Gasteiger partial charge on any atom is -0.392 e. The van der Waals surface area contributed by atoms with Gasteiger partial charge in [-0.2, -0.15) is 0 Å². The predicted octanol–water partition coefficient (Wildman–Crippen LogP) is 1.64. The van der Waals surface area contributed by atoms with Gasteiger partial charge in [-0.25, -0.2) is 8.42 Å². The van der Waals surface area contributed by atoms with Crippen molar-refractivity contribution in [3.05, 3.63) is 48.2 Å². The quantitative estimate of drug-likeness (QED) is 0.914. The van der Waals surface area contributed by atoms with Crippen molar-refractivity contribution in [2.75, 3.05) is 6.26 Å². The van der Waals surface area contributed by atoms with E-state index in [-0.39, 0.29) is 6.61 Å². The molecular weight excluding hydrogens is 250 g/mol. The molecule has 0 bridgehead atoms. The summed E-state index contributed by atoms with van der Waals surface area (Å²) in [4.78, 5) is 4.49. The number of aliphatic hydroxyl groups excluding tert-OH is 1. The van der Waals surface area contributed by atoms with Crippen LogP contribution in [-0.2, 0) is 16.4 Å². The van der Waals surface area contributed by atoms with Gasteiger partial charge in [-0.15, -0.1) is 0 Å². The molecule has 0 aliphatic heterocycles. The van der Waals surface area contributed by atoms with Gasteiger partial charge in [0.15, 0.2) is 9.84 Å². The van der Waals surface area contributed by atoms with Crippen molar-refractivity contribution in [3.63, 3.8) is 0 Å². The molecule has 1 heterocycles. The minimum atomic E-state index is -3.17. The maximum Gasteiger partial charge on any atom is 0.175 e. The summed E-state index contributed by atoms with van der Waals surface area (Å²) in [5.41, 5.74) is 2.32. The van der Waals surface area contributed by atoms with Gasteiger partial charge >= 0.3 is 0 Å². The van der Waals surface area contributed by atoms with Gasteiger partial charge in [0.2, 0.25) is 0 Å². The van der Waals surface area contributed by atoms with E-state index in [0.29, 0.717) is 4.90 Å². The Hall–Kier alpha value is -1.72. The Morgan fingerprint density at radius 2 is 1.78 bits per heavy atom. The fourth-order valence-electron chi connectivity index (χ4n) is 1.56. The van der Waals surface area contributed by atoms with Crippen LogP contribution in [0.3, 0.4) is 0 Å². The Morgan fingerprint density at radius 1 is 1.11 bits per heavy atom. The van der Waals surface area contributed by atoms with Crippen molar-refractivity contribution >= 4 is 9.84 Å². The number of hydrogen-bond donors (Lipinski definition) is 1. The SMILES string of the molecule is CS(=O)(=O)c1ccc(-c2ccc(CO)cn2)cc1. The molecule has 94 valence electrons. The zero-order chi connectivity index (χ0) is 13.2. The van der Waals surface area contributed by atoms with Crippen molar-refractivity contribution < 1.29 is 13.5 Å². The van der Waals surface area contributed by atoms with Crippen LogP contribution < -0.4 is 0 Å². The zero-order valence-electron chi connectivity index (χ0n) is 9.87. The Balaban J connectivity index is 2.34. The van der Waals surface area contributed by atoms with Crippen LogP contribution in [0.4, 0.5) is 0 Å². The molecule has 2 rings (SSSR count). The molecule has 0 amide bonds. The smallest absolute Gasteiger partial charge is 0.175 e. The topological polar surface area (TPSA) is 67.3 Å². The molecule has 0 fully saturated rings. The summed E-state index contributed by atoms with van der Waals surface area (Å²) in [7, 11) is -3.17. The molecule has 18 heavy (non-hydrogen) atoms. The van der Waals surface area contributed by atoms with E-state index in [2.05, 4.69) is 4.98 Å². The number of sulfone groups is 1. The highest BCUT2D eigenvalue weighted by molar-refractivity contribution is 7.90. The number of nitrogens with zero attached hydrogens (tertiary/aromatic N) is 1. The van der Waals surface area contributed by atoms with Crippen molar-refractivity contribution in [2.45, 2.75) is 11.5 Å². The molecule has 0 saturated heterocycles. The summed E-state index contributed by atoms with van der Waals surface area (Å²) in [6.45, 7) is -0.0414. The van der Waals surface area contributed by atoms with E-state index in [4.69, 9.17) is 5.11 Å². The Labute approximate surface area is 106 Å². The summed E-state index contributed by atoms with van der Waals surface area (Å²) in [6.07, 6.45) is 2.77. The lowest BCUT2D eigenvalue weighted by molar-refractivity contribution is 0.281. The Kier molecular flexibility index (Phi) is 3.45. The van der Waals surface area contributed by atoms with Gasteiger partial charge in [0.25, 0.3) is 0 Å². The number of rotatable bonds is 3. The van der Waals surface area contributed by atoms with E-state index in [1.807, 2.05) is 0 Å². The zero-order valence-corrected chi connectivity index (χ0v) is 10.7. The predicted molar refractivity (Wildman–Crippen MR) is 68.7 cm³/mol. The van der Waals surface area contributed by atoms with Crippen LogP contribution in [0.25, 0.3) is 11.3 Å². The van der Waals surface area contributed by atoms with Crippen LogP contribution in [0.5, 0.6) is 0 Å². The van der Waals surface area contributed by atoms with E-state index in [1.165, 1.54) is 6.26 Å². The van der Waals surface area contributed by atoms with E-state index in [9.17, 15) is 8.42 Å². The molecule has 1 N–H and O–H groups in total. The molecule has 2 aromatic rings. The van der Waals surface area contributed by atoms with Crippen molar-refractivity contribution in [3.8, 4) is 11.3 Å². The number of aromatic nitrogens is 1. The highest BCUT2D eigenvalue weighted by atomic mass is 32.2. The maximum absolute atomic E-state index is 11.3. The van der Waals surface area contributed by atoms with Gasteiger partial charge in [-0.3, -0.25) is 4.98 Å². The molecule has 5 heteroatoms. The second kappa shape index (κ2) is 4.88. The molecule has 4 nitrogen and oxygen atoms in total. The highest BCUT2D eigenvalue weighted by Crippen LogP contribution is 2.19. The Bertz CT molecular complexity index is 631. The molecule has 1 aromatic heterocycles. The molecule has 0 aliphatic carbocycles. The van der Waals surface area contributed by atoms with E-state index in [1.54, 1.807) is 42.6 Å². The summed E-state index contributed by atoms with van der Waals surface area (Å²) >= 11 is 0. The standard InChI is InChI=1S/C13H13NO3S/c1-18(16,17)12-5-3-11(4-6-12)13-7-2-10(9-15)8-14-13/h2-8,15H,9H2,1H3. The van der Waals surface area contributed by atoms with Crippen molar-refractivity contribution in [1.29, 1.82) is 0 Å². The van der Waals surface area contributed by atoms with Gasteiger partial charge < -0.3 is 5.11 Å². The van der Waals surface area contributed by atoms with Crippen LogP contribution in [0, 0.1) is 0 Å². The molecule has 0 unspecified atom stereocenters. The molecule has 0 spiro atoms.